The van der Waals surface area contributed by atoms with Gasteiger partial charge in [0.1, 0.15) is 45.4 Å². The molecule has 1 saturated carbocycles. The summed E-state index contributed by atoms with van der Waals surface area (Å²) in [5, 5.41) is 22.9. The molecule has 2 aromatic heterocycles. The summed E-state index contributed by atoms with van der Waals surface area (Å²) in [4.78, 5) is 40.3. The Kier molecular flexibility index (Phi) is 19.1. The SMILES string of the molecule is Cc1ccc(-c2cc3ccc(OC(C)(C)CC4(C)C(OCCCC(O)C(O)CCCOC(=O)C(CC(C)(C)C)C(C)(C)C)C(C)(C)CC4(C)Oc4ccc5cc(-c6ccc(C)cc6OC(F)(F)F)c(=O)oc5c4)cc3oc2=O)c(OC(F)(F)F)c1. The summed E-state index contributed by atoms with van der Waals surface area (Å²) in [6.07, 6.45) is -10.3. The number of hydrogen-bond acceptors (Lipinski definition) is 13. The second kappa shape index (κ2) is 24.7. The van der Waals surface area contributed by atoms with Crippen LogP contribution in [0.3, 0.4) is 0 Å². The molecule has 7 rings (SSSR count). The van der Waals surface area contributed by atoms with E-state index in [4.69, 9.17) is 27.8 Å². The predicted molar refractivity (Wildman–Crippen MR) is 312 cm³/mol. The van der Waals surface area contributed by atoms with E-state index in [1.807, 2.05) is 62.3 Å². The molecule has 0 bridgehead atoms. The molecule has 6 aromatic rings. The topological polar surface area (TPSA) is 173 Å². The van der Waals surface area contributed by atoms with Crippen LogP contribution in [-0.2, 0) is 14.3 Å². The highest BCUT2D eigenvalue weighted by Crippen LogP contribution is 2.61. The number of benzene rings is 4. The van der Waals surface area contributed by atoms with Crippen molar-refractivity contribution in [1.29, 1.82) is 0 Å². The molecule has 2 N–H and O–H groups in total. The van der Waals surface area contributed by atoms with Crippen LogP contribution in [0.4, 0.5) is 26.3 Å². The molecule has 0 saturated heterocycles. The van der Waals surface area contributed by atoms with E-state index in [9.17, 15) is 50.9 Å². The summed E-state index contributed by atoms with van der Waals surface area (Å²) in [5.41, 5.74) is -5.21. The number of carbonyl (C=O) groups excluding carboxylic acids is 1. The van der Waals surface area contributed by atoms with Crippen molar-refractivity contribution < 1.29 is 78.6 Å². The van der Waals surface area contributed by atoms with Crippen LogP contribution in [0.2, 0.25) is 0 Å². The lowest BCUT2D eigenvalue weighted by atomic mass is 9.68. The van der Waals surface area contributed by atoms with Gasteiger partial charge in [0.25, 0.3) is 0 Å². The molecule has 0 aliphatic heterocycles. The molecule has 6 atom stereocenters. The summed E-state index contributed by atoms with van der Waals surface area (Å²) in [5.74, 6) is -1.09. The Balaban J connectivity index is 1.13. The van der Waals surface area contributed by atoms with E-state index >= 15 is 0 Å². The zero-order valence-corrected chi connectivity index (χ0v) is 50.9. The smallest absolute Gasteiger partial charge is 0.488 e. The lowest BCUT2D eigenvalue weighted by Gasteiger charge is -2.48. The third kappa shape index (κ3) is 16.5. The average molecular weight is 1200 g/mol. The number of aliphatic hydroxyl groups excluding tert-OH is 2. The molecule has 0 radical (unpaired) electrons. The third-order valence-corrected chi connectivity index (χ3v) is 15.9. The maximum absolute atomic E-state index is 13.6. The van der Waals surface area contributed by atoms with Crippen LogP contribution >= 0.6 is 0 Å². The van der Waals surface area contributed by atoms with E-state index < -0.39 is 75.8 Å². The van der Waals surface area contributed by atoms with Crippen LogP contribution in [0.25, 0.3) is 44.2 Å². The molecule has 13 nitrogen and oxygen atoms in total. The molecule has 1 fully saturated rings. The molecular weight excluding hydrogens is 1110 g/mol. The van der Waals surface area contributed by atoms with Gasteiger partial charge in [0, 0.05) is 46.1 Å². The van der Waals surface area contributed by atoms with Crippen LogP contribution < -0.4 is 30.2 Å². The van der Waals surface area contributed by atoms with Gasteiger partial charge in [-0.3, -0.25) is 4.79 Å². The van der Waals surface area contributed by atoms with Gasteiger partial charge in [0.05, 0.1) is 42.0 Å². The molecule has 0 spiro atoms. The van der Waals surface area contributed by atoms with Crippen molar-refractivity contribution in [2.45, 2.75) is 184 Å². The molecule has 464 valence electrons. The summed E-state index contributed by atoms with van der Waals surface area (Å²) in [6.45, 7) is 27.6. The van der Waals surface area contributed by atoms with Crippen LogP contribution in [0, 0.1) is 41.4 Å². The quantitative estimate of drug-likeness (QED) is 0.0285. The molecule has 6 unspecified atom stereocenters. The van der Waals surface area contributed by atoms with Crippen LogP contribution in [-0.4, -0.2) is 71.6 Å². The van der Waals surface area contributed by atoms with Crippen molar-refractivity contribution in [2.24, 2.45) is 27.6 Å². The molecule has 19 heteroatoms. The molecule has 0 amide bonds. The third-order valence-electron chi connectivity index (χ3n) is 15.9. The molecule has 4 aromatic carbocycles. The number of aryl methyl sites for hydroxylation is 2. The summed E-state index contributed by atoms with van der Waals surface area (Å²) in [7, 11) is 0. The van der Waals surface area contributed by atoms with Gasteiger partial charge in [-0.15, -0.1) is 26.3 Å². The van der Waals surface area contributed by atoms with Crippen molar-refractivity contribution in [3.63, 3.8) is 0 Å². The fraction of sp³-hybridized carbons (Fsp3) is 0.530. The number of ether oxygens (including phenoxy) is 6. The van der Waals surface area contributed by atoms with Gasteiger partial charge in [-0.2, -0.15) is 0 Å². The first-order valence-electron chi connectivity index (χ1n) is 28.6. The number of halogens is 6. The van der Waals surface area contributed by atoms with Crippen LogP contribution in [0.1, 0.15) is 139 Å². The zero-order chi connectivity index (χ0) is 63.0. The Morgan fingerprint density at radius 3 is 1.56 bits per heavy atom. The normalized spacial score (nSPS) is 19.6. The Bertz CT molecular complexity index is 3480. The van der Waals surface area contributed by atoms with Gasteiger partial charge in [0.2, 0.25) is 0 Å². The van der Waals surface area contributed by atoms with Crippen molar-refractivity contribution in [3.8, 4) is 45.3 Å². The van der Waals surface area contributed by atoms with Crippen LogP contribution in [0.15, 0.2) is 103 Å². The van der Waals surface area contributed by atoms with Crippen LogP contribution in [0.5, 0.6) is 23.0 Å². The van der Waals surface area contributed by atoms with Gasteiger partial charge < -0.3 is 47.5 Å². The molecule has 1 aliphatic carbocycles. The Labute approximate surface area is 491 Å². The zero-order valence-electron chi connectivity index (χ0n) is 50.9. The highest BCUT2D eigenvalue weighted by molar-refractivity contribution is 5.85. The summed E-state index contributed by atoms with van der Waals surface area (Å²) < 4.78 is 127. The number of fused-ring (bicyclic) bond motifs is 2. The molecule has 1 aliphatic rings. The lowest BCUT2D eigenvalue weighted by molar-refractivity contribution is -0.275. The van der Waals surface area contributed by atoms with E-state index in [1.54, 1.807) is 56.3 Å². The first-order valence-corrected chi connectivity index (χ1v) is 28.6. The van der Waals surface area contributed by atoms with E-state index in [2.05, 4.69) is 30.2 Å². The van der Waals surface area contributed by atoms with Crippen molar-refractivity contribution in [2.75, 3.05) is 13.2 Å². The molecule has 85 heavy (non-hydrogen) atoms. The minimum Gasteiger partial charge on any atom is -0.488 e. The number of aliphatic hydroxyl groups is 2. The van der Waals surface area contributed by atoms with E-state index in [-0.39, 0.29) is 88.6 Å². The number of hydrogen-bond donors (Lipinski definition) is 2. The minimum absolute atomic E-state index is 0.0848. The highest BCUT2D eigenvalue weighted by atomic mass is 19.4. The van der Waals surface area contributed by atoms with E-state index in [0.29, 0.717) is 59.1 Å². The van der Waals surface area contributed by atoms with Crippen molar-refractivity contribution >= 4 is 27.9 Å². The maximum atomic E-state index is 13.6. The van der Waals surface area contributed by atoms with Gasteiger partial charge in [-0.25, -0.2) is 9.59 Å². The second-order valence-electron chi connectivity index (χ2n) is 26.9. The average Bonchev–Trinajstić information content (AvgIpc) is 1.65. The van der Waals surface area contributed by atoms with Gasteiger partial charge in [-0.1, -0.05) is 86.6 Å². The standard InChI is InChI=1S/C66H80F6O13/c1-38-19-25-44(53(29-38)84-65(67,68)69)46-31-40-21-23-42(33-51(40)80-55(46)75)82-62(11,12)37-63(13)58(79-28-16-18-50(74)49(73)17-15-27-78-57(77)48(60(6,7)8)35-59(3,4)5)61(9,10)36-64(63,14)83-43-24-22-41-32-47(56(76)81-52(41)34-43)45-26-20-39(2)30-54(45)85-66(70,71)72/h19-26,29-34,48-50,58,73-74H,15-18,27-28,35-37H2,1-14H3. The Morgan fingerprint density at radius 1 is 0.624 bits per heavy atom. The van der Waals surface area contributed by atoms with Gasteiger partial charge >= 0.3 is 29.9 Å². The fourth-order valence-corrected chi connectivity index (χ4v) is 12.3. The number of alkyl halides is 6. The number of rotatable bonds is 22. The monoisotopic (exact) mass is 1190 g/mol. The molecular formula is C66H80F6O13. The predicted octanol–water partition coefficient (Wildman–Crippen LogP) is 15.8. The largest absolute Gasteiger partial charge is 0.573 e. The van der Waals surface area contributed by atoms with E-state index in [0.717, 1.165) is 0 Å². The summed E-state index contributed by atoms with van der Waals surface area (Å²) >= 11 is 0. The van der Waals surface area contributed by atoms with E-state index in [1.165, 1.54) is 42.5 Å². The second-order valence-corrected chi connectivity index (χ2v) is 26.9. The first kappa shape index (κ1) is 66.0. The Hall–Kier alpha value is -6.57. The maximum Gasteiger partial charge on any atom is 0.573 e. The lowest BCUT2D eigenvalue weighted by Crippen LogP contribution is -2.54. The fourth-order valence-electron chi connectivity index (χ4n) is 12.3. The summed E-state index contributed by atoms with van der Waals surface area (Å²) in [6, 6.07) is 20.7. The number of esters is 1. The van der Waals surface area contributed by atoms with Crippen molar-refractivity contribution in [1.82, 2.24) is 0 Å². The Morgan fingerprint density at radius 2 is 1.09 bits per heavy atom. The molecule has 2 heterocycles. The van der Waals surface area contributed by atoms with Gasteiger partial charge in [0.15, 0.2) is 0 Å². The van der Waals surface area contributed by atoms with Gasteiger partial charge in [-0.05, 0) is 155 Å². The minimum atomic E-state index is -5.02. The van der Waals surface area contributed by atoms with Crippen molar-refractivity contribution in [3.05, 3.63) is 117 Å². The first-order chi connectivity index (χ1) is 39.1. The highest BCUT2D eigenvalue weighted by Gasteiger charge is 2.66. The number of carbonyl (C=O) groups is 1.